The maximum absolute atomic E-state index is 12.4. The summed E-state index contributed by atoms with van der Waals surface area (Å²) < 4.78 is 32.3. The van der Waals surface area contributed by atoms with Crippen LogP contribution in [0.2, 0.25) is 0 Å². The summed E-state index contributed by atoms with van der Waals surface area (Å²) in [5.41, 5.74) is 1.78. The number of carbonyl (C=O) groups excluding carboxylic acids is 1. The molecule has 0 bridgehead atoms. The van der Waals surface area contributed by atoms with Gasteiger partial charge in [-0.15, -0.1) is 0 Å². The van der Waals surface area contributed by atoms with Crippen molar-refractivity contribution in [2.75, 3.05) is 4.90 Å². The van der Waals surface area contributed by atoms with Crippen LogP contribution in [-0.2, 0) is 10.0 Å². The van der Waals surface area contributed by atoms with Gasteiger partial charge in [0.2, 0.25) is 5.88 Å². The Balaban J connectivity index is 1.83. The molecule has 1 amide bonds. The number of aromatic nitrogens is 1. The highest BCUT2D eigenvalue weighted by Crippen LogP contribution is 2.28. The second-order valence-electron chi connectivity index (χ2n) is 6.55. The Morgan fingerprint density at radius 2 is 1.71 bits per heavy atom. The van der Waals surface area contributed by atoms with Gasteiger partial charge >= 0.3 is 5.91 Å². The van der Waals surface area contributed by atoms with E-state index in [0.29, 0.717) is 5.88 Å². The first-order valence-corrected chi connectivity index (χ1v) is 10.2. The van der Waals surface area contributed by atoms with Gasteiger partial charge in [0.25, 0.3) is 15.9 Å². The van der Waals surface area contributed by atoms with E-state index in [-0.39, 0.29) is 16.8 Å². The highest BCUT2D eigenvalue weighted by atomic mass is 32.2. The number of para-hydroxylation sites is 1. The molecule has 146 valence electrons. The third-order valence-corrected chi connectivity index (χ3v) is 5.38. The van der Waals surface area contributed by atoms with Gasteiger partial charge in [0, 0.05) is 11.7 Å². The van der Waals surface area contributed by atoms with Crippen molar-refractivity contribution in [3.8, 4) is 0 Å². The summed E-state index contributed by atoms with van der Waals surface area (Å²) >= 11 is 0. The predicted octanol–water partition coefficient (Wildman–Crippen LogP) is 3.65. The lowest BCUT2D eigenvalue weighted by molar-refractivity contribution is 0.0948. The summed E-state index contributed by atoms with van der Waals surface area (Å²) in [5, 5.41) is 0. The first-order valence-electron chi connectivity index (χ1n) is 8.72. The summed E-state index contributed by atoms with van der Waals surface area (Å²) in [6.45, 7) is 5.78. The highest BCUT2D eigenvalue weighted by Gasteiger charge is 2.24. The summed E-state index contributed by atoms with van der Waals surface area (Å²) in [6, 6.07) is 15.7. The number of rotatable bonds is 6. The van der Waals surface area contributed by atoms with Crippen molar-refractivity contribution >= 4 is 27.5 Å². The Morgan fingerprint density at radius 3 is 2.32 bits per heavy atom. The van der Waals surface area contributed by atoms with E-state index in [4.69, 9.17) is 4.42 Å². The summed E-state index contributed by atoms with van der Waals surface area (Å²) in [7, 11) is -4.02. The first kappa shape index (κ1) is 19.6. The van der Waals surface area contributed by atoms with E-state index < -0.39 is 15.9 Å². The average molecular weight is 399 g/mol. The van der Waals surface area contributed by atoms with E-state index in [2.05, 4.69) is 4.98 Å². The molecule has 0 aliphatic heterocycles. The molecule has 3 aromatic rings. The van der Waals surface area contributed by atoms with Crippen molar-refractivity contribution < 1.29 is 17.6 Å². The van der Waals surface area contributed by atoms with Crippen molar-refractivity contribution in [3.63, 3.8) is 0 Å². The van der Waals surface area contributed by atoms with E-state index in [1.807, 2.05) is 60.7 Å². The van der Waals surface area contributed by atoms with Crippen LogP contribution in [-0.4, -0.2) is 25.4 Å². The molecule has 1 aromatic heterocycles. The van der Waals surface area contributed by atoms with Crippen molar-refractivity contribution in [1.82, 2.24) is 9.71 Å². The van der Waals surface area contributed by atoms with E-state index in [0.717, 1.165) is 11.3 Å². The van der Waals surface area contributed by atoms with Crippen molar-refractivity contribution in [2.45, 2.75) is 31.7 Å². The molecule has 1 N–H and O–H groups in total. The Bertz CT molecular complexity index is 1060. The smallest absolute Gasteiger partial charge is 0.320 e. The molecule has 0 radical (unpaired) electrons. The van der Waals surface area contributed by atoms with Crippen LogP contribution in [0.1, 0.15) is 30.1 Å². The van der Waals surface area contributed by atoms with Gasteiger partial charge in [-0.1, -0.05) is 35.9 Å². The topological polar surface area (TPSA) is 92.5 Å². The molecule has 8 heteroatoms. The molecule has 0 saturated carbocycles. The summed E-state index contributed by atoms with van der Waals surface area (Å²) in [5.74, 6) is -0.907. The van der Waals surface area contributed by atoms with E-state index >= 15 is 0 Å². The van der Waals surface area contributed by atoms with Gasteiger partial charge in [-0.2, -0.15) is 0 Å². The van der Waals surface area contributed by atoms with Crippen LogP contribution in [0, 0.1) is 6.92 Å². The van der Waals surface area contributed by atoms with E-state index in [9.17, 15) is 13.2 Å². The Morgan fingerprint density at radius 1 is 1.07 bits per heavy atom. The van der Waals surface area contributed by atoms with Crippen LogP contribution in [0.25, 0.3) is 0 Å². The number of carbonyl (C=O) groups is 1. The molecule has 3 rings (SSSR count). The third kappa shape index (κ3) is 4.23. The standard InChI is InChI=1S/C20H21N3O4S/c1-14(2)23(16-7-5-4-6-8-16)18-13-21-20(27-18)19(24)22-28(25,26)17-11-9-15(3)10-12-17/h4-14H,1-3H3,(H,22,24). The fourth-order valence-corrected chi connectivity index (χ4v) is 3.64. The molecular formula is C20H21N3O4S. The van der Waals surface area contributed by atoms with Gasteiger partial charge in [-0.3, -0.25) is 4.79 Å². The van der Waals surface area contributed by atoms with E-state index in [1.165, 1.54) is 18.3 Å². The van der Waals surface area contributed by atoms with Crippen molar-refractivity contribution in [1.29, 1.82) is 0 Å². The summed E-state index contributed by atoms with van der Waals surface area (Å²) in [4.78, 5) is 18.2. The molecule has 0 atom stereocenters. The average Bonchev–Trinajstić information content (AvgIpc) is 3.12. The number of hydrogen-bond acceptors (Lipinski definition) is 6. The number of benzene rings is 2. The molecule has 0 aliphatic carbocycles. The number of nitrogens with one attached hydrogen (secondary N) is 1. The number of nitrogens with zero attached hydrogens (tertiary/aromatic N) is 2. The molecule has 7 nitrogen and oxygen atoms in total. The minimum atomic E-state index is -4.02. The van der Waals surface area contributed by atoms with Crippen LogP contribution in [0.15, 0.2) is 70.1 Å². The van der Waals surface area contributed by atoms with Crippen LogP contribution in [0.5, 0.6) is 0 Å². The molecule has 1 heterocycles. The molecule has 0 saturated heterocycles. The second kappa shape index (κ2) is 7.85. The highest BCUT2D eigenvalue weighted by molar-refractivity contribution is 7.90. The fourth-order valence-electron chi connectivity index (χ4n) is 2.69. The molecule has 2 aromatic carbocycles. The van der Waals surface area contributed by atoms with Crippen LogP contribution in [0.3, 0.4) is 0 Å². The number of aryl methyl sites for hydroxylation is 1. The van der Waals surface area contributed by atoms with Gasteiger partial charge in [0.05, 0.1) is 11.1 Å². The number of hydrogen-bond donors (Lipinski definition) is 1. The zero-order valence-electron chi connectivity index (χ0n) is 15.8. The summed E-state index contributed by atoms with van der Waals surface area (Å²) in [6.07, 6.45) is 1.40. The number of oxazole rings is 1. The quantitative estimate of drug-likeness (QED) is 0.680. The van der Waals surface area contributed by atoms with E-state index in [1.54, 1.807) is 12.1 Å². The van der Waals surface area contributed by atoms with Gasteiger partial charge in [0.1, 0.15) is 0 Å². The second-order valence-corrected chi connectivity index (χ2v) is 8.23. The zero-order valence-corrected chi connectivity index (χ0v) is 16.6. The molecule has 0 unspecified atom stereocenters. The first-order chi connectivity index (χ1) is 13.3. The van der Waals surface area contributed by atoms with Crippen LogP contribution >= 0.6 is 0 Å². The van der Waals surface area contributed by atoms with Gasteiger partial charge < -0.3 is 9.32 Å². The third-order valence-electron chi connectivity index (χ3n) is 4.03. The van der Waals surface area contributed by atoms with Crippen LogP contribution < -0.4 is 9.62 Å². The lowest BCUT2D eigenvalue weighted by atomic mass is 10.2. The monoisotopic (exact) mass is 399 g/mol. The SMILES string of the molecule is Cc1ccc(S(=O)(=O)NC(=O)c2ncc(N(c3ccccc3)C(C)C)o2)cc1. The lowest BCUT2D eigenvalue weighted by Crippen LogP contribution is -2.30. The molecule has 0 aliphatic rings. The molecule has 0 spiro atoms. The molecule has 28 heavy (non-hydrogen) atoms. The normalized spacial score (nSPS) is 11.4. The Kier molecular flexibility index (Phi) is 5.51. The Hall–Kier alpha value is -3.13. The number of sulfonamides is 1. The van der Waals surface area contributed by atoms with Crippen molar-refractivity contribution in [2.24, 2.45) is 0 Å². The minimum absolute atomic E-state index is 0.00804. The fraction of sp³-hybridized carbons (Fsp3) is 0.200. The Labute approximate surface area is 164 Å². The van der Waals surface area contributed by atoms with Gasteiger partial charge in [-0.25, -0.2) is 18.1 Å². The zero-order chi connectivity index (χ0) is 20.3. The number of anilines is 2. The van der Waals surface area contributed by atoms with Gasteiger partial charge in [0.15, 0.2) is 0 Å². The maximum atomic E-state index is 12.4. The largest absolute Gasteiger partial charge is 0.416 e. The minimum Gasteiger partial charge on any atom is -0.416 e. The van der Waals surface area contributed by atoms with Crippen LogP contribution in [0.4, 0.5) is 11.6 Å². The van der Waals surface area contributed by atoms with Gasteiger partial charge in [-0.05, 0) is 45.0 Å². The van der Waals surface area contributed by atoms with Crippen molar-refractivity contribution in [3.05, 3.63) is 72.2 Å². The number of amides is 1. The predicted molar refractivity (Wildman–Crippen MR) is 106 cm³/mol. The lowest BCUT2D eigenvalue weighted by Gasteiger charge is -2.25. The maximum Gasteiger partial charge on any atom is 0.320 e. The molecule has 0 fully saturated rings. The molecular weight excluding hydrogens is 378 g/mol.